The van der Waals surface area contributed by atoms with Gasteiger partial charge in [-0.1, -0.05) is 18.2 Å². The van der Waals surface area contributed by atoms with E-state index < -0.39 is 11.7 Å². The van der Waals surface area contributed by atoms with Crippen molar-refractivity contribution >= 4 is 28.3 Å². The number of aliphatic hydroxyl groups is 2. The van der Waals surface area contributed by atoms with E-state index >= 15 is 0 Å². The summed E-state index contributed by atoms with van der Waals surface area (Å²) >= 11 is 0. The lowest BCUT2D eigenvalue weighted by molar-refractivity contribution is 0.0517. The highest BCUT2D eigenvalue weighted by atomic mass is 16.6. The first-order chi connectivity index (χ1) is 18.2. The van der Waals surface area contributed by atoms with Crippen LogP contribution >= 0.6 is 0 Å². The fourth-order valence-corrected chi connectivity index (χ4v) is 4.82. The van der Waals surface area contributed by atoms with E-state index in [2.05, 4.69) is 38.6 Å². The number of piperidine rings is 1. The van der Waals surface area contributed by atoms with E-state index in [0.717, 1.165) is 42.5 Å². The topological polar surface area (TPSA) is 125 Å². The van der Waals surface area contributed by atoms with Gasteiger partial charge in [-0.2, -0.15) is 0 Å². The Morgan fingerprint density at radius 3 is 2.68 bits per heavy atom. The normalized spacial score (nSPS) is 15.7. The number of hydrogen-bond donors (Lipinski definition) is 3. The van der Waals surface area contributed by atoms with Crippen molar-refractivity contribution in [2.75, 3.05) is 31.1 Å². The largest absolute Gasteiger partial charge is 0.444 e. The van der Waals surface area contributed by atoms with Crippen molar-refractivity contribution in [3.05, 3.63) is 54.2 Å². The Hall–Kier alpha value is -3.76. The third-order valence-electron chi connectivity index (χ3n) is 6.81. The number of amides is 1. The lowest BCUT2D eigenvalue weighted by atomic mass is 9.96. The number of aromatic nitrogens is 4. The van der Waals surface area contributed by atoms with Crippen molar-refractivity contribution in [3.63, 3.8) is 0 Å². The molecule has 1 unspecified atom stereocenters. The summed E-state index contributed by atoms with van der Waals surface area (Å²) in [7, 11) is 0. The minimum atomic E-state index is -0.960. The van der Waals surface area contributed by atoms with Crippen molar-refractivity contribution < 1.29 is 19.7 Å². The standard InChI is InChI=1S/C28H34N6O4/c1-28(2,3)38-27(37)29-16-18-9-12-33(13-10-18)22-6-4-5-19-7-8-21(30-25(19)22)26-32-31-24-15-20(23(36)17-35)11-14-34(24)26/h4-8,11,14-15,18,23,35-36H,9-10,12-13,16-17H2,1-3H3,(H,29,37). The second-order valence-electron chi connectivity index (χ2n) is 10.8. The van der Waals surface area contributed by atoms with Crippen molar-refractivity contribution in [3.8, 4) is 11.5 Å². The smallest absolute Gasteiger partial charge is 0.407 e. The molecule has 200 valence electrons. The molecule has 4 heterocycles. The molecule has 1 saturated heterocycles. The van der Waals surface area contributed by atoms with Crippen LogP contribution in [0.1, 0.15) is 45.3 Å². The van der Waals surface area contributed by atoms with Gasteiger partial charge < -0.3 is 25.2 Å². The fourth-order valence-electron chi connectivity index (χ4n) is 4.82. The summed E-state index contributed by atoms with van der Waals surface area (Å²) < 4.78 is 7.18. The summed E-state index contributed by atoms with van der Waals surface area (Å²) in [5.74, 6) is 1.00. The highest BCUT2D eigenvalue weighted by molar-refractivity contribution is 5.92. The minimum Gasteiger partial charge on any atom is -0.444 e. The van der Waals surface area contributed by atoms with E-state index in [1.54, 1.807) is 18.3 Å². The number of rotatable bonds is 6. The molecule has 0 saturated carbocycles. The number of alkyl carbamates (subject to hydrolysis) is 1. The number of carbonyl (C=O) groups excluding carboxylic acids is 1. The molecule has 10 nitrogen and oxygen atoms in total. The Morgan fingerprint density at radius 2 is 1.95 bits per heavy atom. The summed E-state index contributed by atoms with van der Waals surface area (Å²) in [5, 5.41) is 31.8. The lowest BCUT2D eigenvalue weighted by Crippen LogP contribution is -2.40. The molecular formula is C28H34N6O4. The quantitative estimate of drug-likeness (QED) is 0.353. The molecule has 0 aliphatic carbocycles. The zero-order valence-corrected chi connectivity index (χ0v) is 22.0. The van der Waals surface area contributed by atoms with Crippen molar-refractivity contribution in [2.24, 2.45) is 5.92 Å². The summed E-state index contributed by atoms with van der Waals surface area (Å²) in [6.45, 7) is 7.58. The molecule has 1 aliphatic rings. The number of hydrogen-bond acceptors (Lipinski definition) is 8. The Balaban J connectivity index is 1.33. The molecular weight excluding hydrogens is 484 g/mol. The van der Waals surface area contributed by atoms with Crippen LogP contribution in [0.25, 0.3) is 28.1 Å². The average molecular weight is 519 g/mol. The van der Waals surface area contributed by atoms with Gasteiger partial charge in [0.1, 0.15) is 17.4 Å². The highest BCUT2D eigenvalue weighted by Gasteiger charge is 2.23. The van der Waals surface area contributed by atoms with E-state index in [0.29, 0.717) is 35.2 Å². The molecule has 1 amide bonds. The van der Waals surface area contributed by atoms with E-state index in [-0.39, 0.29) is 12.7 Å². The summed E-state index contributed by atoms with van der Waals surface area (Å²) in [5.41, 5.74) is 3.33. The predicted molar refractivity (Wildman–Crippen MR) is 145 cm³/mol. The Labute approximate surface area is 221 Å². The molecule has 38 heavy (non-hydrogen) atoms. The first kappa shape index (κ1) is 25.9. The third kappa shape index (κ3) is 5.56. The molecule has 0 bridgehead atoms. The van der Waals surface area contributed by atoms with Crippen LogP contribution in [0.3, 0.4) is 0 Å². The molecule has 4 aromatic rings. The number of fused-ring (bicyclic) bond motifs is 2. The second-order valence-corrected chi connectivity index (χ2v) is 10.8. The molecule has 3 N–H and O–H groups in total. The van der Waals surface area contributed by atoms with Gasteiger partial charge in [0.2, 0.25) is 0 Å². The molecule has 0 spiro atoms. The zero-order valence-electron chi connectivity index (χ0n) is 22.0. The van der Waals surface area contributed by atoms with Crippen LogP contribution in [-0.4, -0.2) is 67.7 Å². The van der Waals surface area contributed by atoms with Gasteiger partial charge >= 0.3 is 6.09 Å². The zero-order chi connectivity index (χ0) is 26.9. The van der Waals surface area contributed by atoms with Crippen LogP contribution in [-0.2, 0) is 4.74 Å². The number of nitrogens with one attached hydrogen (secondary N) is 1. The van der Waals surface area contributed by atoms with Crippen LogP contribution in [0.5, 0.6) is 0 Å². The van der Waals surface area contributed by atoms with Gasteiger partial charge in [-0.05, 0) is 69.4 Å². The second kappa shape index (κ2) is 10.5. The molecule has 5 rings (SSSR count). The summed E-state index contributed by atoms with van der Waals surface area (Å²) in [4.78, 5) is 19.4. The first-order valence-electron chi connectivity index (χ1n) is 13.0. The van der Waals surface area contributed by atoms with Crippen LogP contribution in [0, 0.1) is 5.92 Å². The number of ether oxygens (including phenoxy) is 1. The third-order valence-corrected chi connectivity index (χ3v) is 6.81. The Kier molecular flexibility index (Phi) is 7.18. The summed E-state index contributed by atoms with van der Waals surface area (Å²) in [6, 6.07) is 13.6. The van der Waals surface area contributed by atoms with Crippen molar-refractivity contribution in [1.82, 2.24) is 24.9 Å². The van der Waals surface area contributed by atoms with Crippen LogP contribution in [0.15, 0.2) is 48.7 Å². The fraction of sp³-hybridized carbons (Fsp3) is 0.429. The number of nitrogens with zero attached hydrogens (tertiary/aromatic N) is 5. The lowest BCUT2D eigenvalue weighted by Gasteiger charge is -2.34. The number of carbonyl (C=O) groups is 1. The number of aliphatic hydroxyl groups excluding tert-OH is 2. The van der Waals surface area contributed by atoms with Crippen LogP contribution < -0.4 is 10.2 Å². The van der Waals surface area contributed by atoms with E-state index in [9.17, 15) is 15.0 Å². The van der Waals surface area contributed by atoms with Gasteiger partial charge in [0.15, 0.2) is 11.5 Å². The number of benzene rings is 1. The number of anilines is 1. The molecule has 0 radical (unpaired) electrons. The van der Waals surface area contributed by atoms with E-state index in [4.69, 9.17) is 9.72 Å². The van der Waals surface area contributed by atoms with Gasteiger partial charge in [0.25, 0.3) is 0 Å². The van der Waals surface area contributed by atoms with Gasteiger partial charge in [0, 0.05) is 31.2 Å². The highest BCUT2D eigenvalue weighted by Crippen LogP contribution is 2.31. The van der Waals surface area contributed by atoms with E-state index in [1.807, 2.05) is 37.3 Å². The van der Waals surface area contributed by atoms with Gasteiger partial charge in [-0.3, -0.25) is 4.40 Å². The monoisotopic (exact) mass is 518 g/mol. The molecule has 1 atom stereocenters. The molecule has 1 aliphatic heterocycles. The SMILES string of the molecule is CC(C)(C)OC(=O)NCC1CCN(c2cccc3ccc(-c4nnc5cc(C(O)CO)ccn45)nc23)CC1. The summed E-state index contributed by atoms with van der Waals surface area (Å²) in [6.07, 6.45) is 2.38. The number of para-hydroxylation sites is 1. The van der Waals surface area contributed by atoms with Crippen molar-refractivity contribution in [1.29, 1.82) is 0 Å². The number of pyridine rings is 2. The van der Waals surface area contributed by atoms with Crippen molar-refractivity contribution in [2.45, 2.75) is 45.3 Å². The predicted octanol–water partition coefficient (Wildman–Crippen LogP) is 3.71. The maximum atomic E-state index is 12.0. The molecule has 10 heteroatoms. The molecule has 3 aromatic heterocycles. The Bertz CT molecular complexity index is 1440. The first-order valence-corrected chi connectivity index (χ1v) is 13.0. The maximum absolute atomic E-state index is 12.0. The van der Waals surface area contributed by atoms with Gasteiger partial charge in [-0.25, -0.2) is 9.78 Å². The average Bonchev–Trinajstić information content (AvgIpc) is 3.33. The molecule has 1 fully saturated rings. The van der Waals surface area contributed by atoms with Gasteiger partial charge in [-0.15, -0.1) is 10.2 Å². The molecule has 1 aromatic carbocycles. The van der Waals surface area contributed by atoms with E-state index in [1.165, 1.54) is 0 Å². The van der Waals surface area contributed by atoms with Gasteiger partial charge in [0.05, 0.1) is 17.8 Å². The van der Waals surface area contributed by atoms with Crippen LogP contribution in [0.4, 0.5) is 10.5 Å². The minimum absolute atomic E-state index is 0.357. The maximum Gasteiger partial charge on any atom is 0.407 e. The van der Waals surface area contributed by atoms with Crippen LogP contribution in [0.2, 0.25) is 0 Å². The Morgan fingerprint density at radius 1 is 1.16 bits per heavy atom.